The molecule has 0 saturated heterocycles. The molecular weight excluding hydrogens is 458 g/mol. The number of thioether (sulfide) groups is 1. The Balaban J connectivity index is 1.63. The fraction of sp³-hybridized carbons (Fsp3) is 0.250. The lowest BCUT2D eigenvalue weighted by atomic mass is 9.97. The van der Waals surface area contributed by atoms with Crippen molar-refractivity contribution in [1.82, 2.24) is 14.5 Å². The van der Waals surface area contributed by atoms with Crippen LogP contribution in [0.3, 0.4) is 0 Å². The van der Waals surface area contributed by atoms with Crippen molar-refractivity contribution in [2.24, 2.45) is 0 Å². The summed E-state index contributed by atoms with van der Waals surface area (Å²) >= 11 is 1.28. The van der Waals surface area contributed by atoms with Crippen molar-refractivity contribution in [3.05, 3.63) is 106 Å². The first-order valence-electron chi connectivity index (χ1n) is 11.5. The van der Waals surface area contributed by atoms with Gasteiger partial charge in [-0.15, -0.1) is 0 Å². The molecule has 0 bridgehead atoms. The highest BCUT2D eigenvalue weighted by Gasteiger charge is 2.24. The molecule has 0 spiro atoms. The van der Waals surface area contributed by atoms with Gasteiger partial charge in [-0.1, -0.05) is 84.6 Å². The minimum atomic E-state index is -0.221. The standard InChI is InChI=1S/C28H29N3O3S/c1-20(18-34-3)31-27(33)23-16-10-11-17-24(23)29-28(31)35-19-25(32)30(2)26(21-12-6-4-7-13-21)22-14-8-5-9-15-22/h4-17,20,26H,18-19H2,1-3H3/t20-/m0/s1. The molecule has 0 fully saturated rings. The zero-order valence-corrected chi connectivity index (χ0v) is 20.9. The number of rotatable bonds is 9. The van der Waals surface area contributed by atoms with Gasteiger partial charge in [0.2, 0.25) is 5.91 Å². The van der Waals surface area contributed by atoms with Crippen LogP contribution in [0.2, 0.25) is 0 Å². The van der Waals surface area contributed by atoms with Gasteiger partial charge in [0.05, 0.1) is 35.3 Å². The van der Waals surface area contributed by atoms with Crippen molar-refractivity contribution in [2.45, 2.75) is 24.2 Å². The van der Waals surface area contributed by atoms with Crippen molar-refractivity contribution in [3.8, 4) is 0 Å². The number of aromatic nitrogens is 2. The Labute approximate surface area is 209 Å². The lowest BCUT2D eigenvalue weighted by Gasteiger charge is -2.29. The summed E-state index contributed by atoms with van der Waals surface area (Å²) in [6.07, 6.45) is 0. The van der Waals surface area contributed by atoms with Gasteiger partial charge in [0.15, 0.2) is 5.16 Å². The number of para-hydroxylation sites is 1. The zero-order chi connectivity index (χ0) is 24.8. The van der Waals surface area contributed by atoms with Crippen molar-refractivity contribution in [3.63, 3.8) is 0 Å². The summed E-state index contributed by atoms with van der Waals surface area (Å²) in [7, 11) is 3.43. The summed E-state index contributed by atoms with van der Waals surface area (Å²) in [5, 5.41) is 1.06. The Morgan fingerprint density at radius 1 is 0.971 bits per heavy atom. The van der Waals surface area contributed by atoms with Crippen LogP contribution in [-0.2, 0) is 9.53 Å². The molecule has 35 heavy (non-hydrogen) atoms. The van der Waals surface area contributed by atoms with Crippen molar-refractivity contribution in [2.75, 3.05) is 26.5 Å². The first-order chi connectivity index (χ1) is 17.0. The molecule has 4 rings (SSSR count). The molecule has 6 nitrogen and oxygen atoms in total. The molecule has 0 aliphatic carbocycles. The van der Waals surface area contributed by atoms with Gasteiger partial charge in [-0.25, -0.2) is 4.98 Å². The van der Waals surface area contributed by atoms with E-state index in [0.29, 0.717) is 22.7 Å². The fourth-order valence-corrected chi connectivity index (χ4v) is 5.24. The average molecular weight is 488 g/mol. The molecule has 7 heteroatoms. The monoisotopic (exact) mass is 487 g/mol. The average Bonchev–Trinajstić information content (AvgIpc) is 2.89. The van der Waals surface area contributed by atoms with Crippen molar-refractivity contribution >= 4 is 28.6 Å². The van der Waals surface area contributed by atoms with E-state index in [9.17, 15) is 9.59 Å². The minimum Gasteiger partial charge on any atom is -0.383 e. The van der Waals surface area contributed by atoms with E-state index >= 15 is 0 Å². The third-order valence-electron chi connectivity index (χ3n) is 5.96. The van der Waals surface area contributed by atoms with Gasteiger partial charge in [-0.2, -0.15) is 0 Å². The molecule has 1 atom stereocenters. The Bertz CT molecular complexity index is 1300. The summed E-state index contributed by atoms with van der Waals surface area (Å²) < 4.78 is 6.94. The highest BCUT2D eigenvalue weighted by atomic mass is 32.2. The summed E-state index contributed by atoms with van der Waals surface area (Å²) in [5.41, 5.74) is 2.56. The van der Waals surface area contributed by atoms with E-state index in [1.54, 1.807) is 22.6 Å². The first-order valence-corrected chi connectivity index (χ1v) is 12.5. The van der Waals surface area contributed by atoms with Gasteiger partial charge in [0.25, 0.3) is 5.56 Å². The van der Waals surface area contributed by atoms with E-state index in [-0.39, 0.29) is 29.3 Å². The molecule has 180 valence electrons. The third-order valence-corrected chi connectivity index (χ3v) is 6.90. The number of amides is 1. The van der Waals surface area contributed by atoms with Crippen LogP contribution in [-0.4, -0.2) is 46.9 Å². The van der Waals surface area contributed by atoms with Gasteiger partial charge in [-0.05, 0) is 30.2 Å². The molecule has 3 aromatic carbocycles. The summed E-state index contributed by atoms with van der Waals surface area (Å²) in [5.74, 6) is 0.0954. The topological polar surface area (TPSA) is 64.4 Å². The van der Waals surface area contributed by atoms with E-state index < -0.39 is 0 Å². The smallest absolute Gasteiger partial charge is 0.262 e. The van der Waals surface area contributed by atoms with Crippen molar-refractivity contribution in [1.29, 1.82) is 0 Å². The number of nitrogens with zero attached hydrogens (tertiary/aromatic N) is 3. The van der Waals surface area contributed by atoms with E-state index in [1.165, 1.54) is 11.8 Å². The number of benzene rings is 3. The van der Waals surface area contributed by atoms with Crippen molar-refractivity contribution < 1.29 is 9.53 Å². The van der Waals surface area contributed by atoms with E-state index in [4.69, 9.17) is 9.72 Å². The maximum absolute atomic E-state index is 13.4. The number of carbonyl (C=O) groups is 1. The van der Waals surface area contributed by atoms with E-state index in [0.717, 1.165) is 11.1 Å². The first kappa shape index (κ1) is 24.7. The molecule has 0 radical (unpaired) electrons. The second-order valence-corrected chi connectivity index (χ2v) is 9.35. The summed E-state index contributed by atoms with van der Waals surface area (Å²) in [6, 6.07) is 26.8. The third kappa shape index (κ3) is 5.47. The Morgan fingerprint density at radius 2 is 1.54 bits per heavy atom. The van der Waals surface area contributed by atoms with Gasteiger partial charge < -0.3 is 9.64 Å². The molecule has 1 amide bonds. The lowest BCUT2D eigenvalue weighted by Crippen LogP contribution is -2.34. The maximum Gasteiger partial charge on any atom is 0.262 e. The molecule has 0 unspecified atom stereocenters. The molecule has 0 aliphatic heterocycles. The number of fused-ring (bicyclic) bond motifs is 1. The van der Waals surface area contributed by atoms with Crippen LogP contribution >= 0.6 is 11.8 Å². The second-order valence-electron chi connectivity index (χ2n) is 8.41. The zero-order valence-electron chi connectivity index (χ0n) is 20.1. The molecule has 1 aromatic heterocycles. The van der Waals surface area contributed by atoms with E-state index in [1.807, 2.05) is 92.8 Å². The molecule has 4 aromatic rings. The lowest BCUT2D eigenvalue weighted by molar-refractivity contribution is -0.128. The van der Waals surface area contributed by atoms with Gasteiger partial charge in [-0.3, -0.25) is 14.2 Å². The fourth-order valence-electron chi connectivity index (χ4n) is 4.21. The molecular formula is C28H29N3O3S. The highest BCUT2D eigenvalue weighted by Crippen LogP contribution is 2.29. The van der Waals surface area contributed by atoms with Crippen LogP contribution in [0.1, 0.15) is 30.1 Å². The Morgan fingerprint density at radius 3 is 2.14 bits per heavy atom. The normalized spacial score (nSPS) is 12.1. The molecule has 0 saturated carbocycles. The van der Waals surface area contributed by atoms with E-state index in [2.05, 4.69) is 0 Å². The highest BCUT2D eigenvalue weighted by molar-refractivity contribution is 7.99. The van der Waals surface area contributed by atoms with Crippen LogP contribution < -0.4 is 5.56 Å². The van der Waals surface area contributed by atoms with Gasteiger partial charge in [0, 0.05) is 14.2 Å². The van der Waals surface area contributed by atoms with Gasteiger partial charge in [0.1, 0.15) is 0 Å². The SMILES string of the molecule is COC[C@H](C)n1c(SCC(=O)N(C)C(c2ccccc2)c2ccccc2)nc2ccccc2c1=O. The second kappa shape index (κ2) is 11.3. The quantitative estimate of drug-likeness (QED) is 0.247. The predicted octanol–water partition coefficient (Wildman–Crippen LogP) is 4.94. The van der Waals surface area contributed by atoms with Crippen LogP contribution in [0, 0.1) is 0 Å². The Kier molecular flexibility index (Phi) is 8.00. The number of hydrogen-bond donors (Lipinski definition) is 0. The van der Waals surface area contributed by atoms with Crippen LogP contribution in [0.5, 0.6) is 0 Å². The molecule has 0 N–H and O–H groups in total. The van der Waals surface area contributed by atoms with Crippen LogP contribution in [0.4, 0.5) is 0 Å². The van der Waals surface area contributed by atoms with Crippen LogP contribution in [0.25, 0.3) is 10.9 Å². The molecule has 0 aliphatic rings. The van der Waals surface area contributed by atoms with Gasteiger partial charge >= 0.3 is 0 Å². The number of hydrogen-bond acceptors (Lipinski definition) is 5. The molecule has 1 heterocycles. The maximum atomic E-state index is 13.4. The number of ether oxygens (including phenoxy) is 1. The van der Waals surface area contributed by atoms with Crippen LogP contribution in [0.15, 0.2) is 94.9 Å². The summed E-state index contributed by atoms with van der Waals surface area (Å²) in [6.45, 7) is 2.28. The summed E-state index contributed by atoms with van der Waals surface area (Å²) in [4.78, 5) is 33.2. The largest absolute Gasteiger partial charge is 0.383 e. The number of methoxy groups -OCH3 is 1. The Hall–Kier alpha value is -3.42. The predicted molar refractivity (Wildman–Crippen MR) is 141 cm³/mol. The number of carbonyl (C=O) groups excluding carboxylic acids is 1. The minimum absolute atomic E-state index is 0.0546.